The van der Waals surface area contributed by atoms with Gasteiger partial charge in [-0.25, -0.2) is 0 Å². The third-order valence-electron chi connectivity index (χ3n) is 1.54. The third kappa shape index (κ3) is 0.618. The predicted molar refractivity (Wildman–Crippen MR) is 23.6 cm³/mol. The summed E-state index contributed by atoms with van der Waals surface area (Å²) in [5, 5.41) is 7.89. The van der Waals surface area contributed by atoms with Crippen LogP contribution in [-0.4, -0.2) is 11.8 Å². The van der Waals surface area contributed by atoms with Crippen molar-refractivity contribution in [2.24, 2.45) is 5.92 Å². The lowest BCUT2D eigenvalue weighted by atomic mass is 9.78. The highest BCUT2D eigenvalue weighted by Gasteiger charge is 2.72. The van der Waals surface area contributed by atoms with Crippen molar-refractivity contribution in [1.82, 2.24) is 0 Å². The van der Waals surface area contributed by atoms with Gasteiger partial charge in [0.1, 0.15) is 5.92 Å². The Bertz CT molecular complexity index is 192. The smallest absolute Gasteiger partial charge is 0.200 e. The van der Waals surface area contributed by atoms with Crippen molar-refractivity contribution < 1.29 is 17.6 Å². The molecule has 1 saturated carbocycles. The minimum absolute atomic E-state index is 1.02. The van der Waals surface area contributed by atoms with Crippen LogP contribution in [0, 0.1) is 17.2 Å². The second kappa shape index (κ2) is 1.62. The molecule has 0 amide bonds. The van der Waals surface area contributed by atoms with Crippen molar-refractivity contribution in [1.29, 1.82) is 5.26 Å². The molecule has 0 heterocycles. The number of nitrogens with zero attached hydrogens (tertiary/aromatic N) is 1. The maximum absolute atomic E-state index is 12.0. The first-order chi connectivity index (χ1) is 4.42. The molecule has 1 nitrogen and oxygen atoms in total. The van der Waals surface area contributed by atoms with E-state index in [-0.39, 0.29) is 0 Å². The molecule has 0 aliphatic heterocycles. The Balaban J connectivity index is 2.77. The topological polar surface area (TPSA) is 23.8 Å². The summed E-state index contributed by atoms with van der Waals surface area (Å²) < 4.78 is 47.7. The normalized spacial score (nSPS) is 34.1. The predicted octanol–water partition coefficient (Wildman–Crippen LogP) is 1.80. The van der Waals surface area contributed by atoms with Crippen molar-refractivity contribution in [3.63, 3.8) is 0 Å². The standard InChI is InChI=1S/C5H3F4N/c6-4(7)1-3(2-10)5(4,8)9/h3H,1H2/t3-/m1/s1. The first-order valence-electron chi connectivity index (χ1n) is 2.57. The first kappa shape index (κ1) is 7.32. The van der Waals surface area contributed by atoms with Crippen LogP contribution in [0.1, 0.15) is 6.42 Å². The van der Waals surface area contributed by atoms with Crippen LogP contribution in [0.15, 0.2) is 0 Å². The van der Waals surface area contributed by atoms with Gasteiger partial charge in [-0.1, -0.05) is 0 Å². The molecular formula is C5H3F4N. The molecule has 1 aliphatic carbocycles. The number of rotatable bonds is 0. The zero-order chi connectivity index (χ0) is 7.99. The van der Waals surface area contributed by atoms with Crippen molar-refractivity contribution in [2.75, 3.05) is 0 Å². The highest BCUT2D eigenvalue weighted by Crippen LogP contribution is 2.54. The van der Waals surface area contributed by atoms with E-state index in [1.54, 1.807) is 0 Å². The van der Waals surface area contributed by atoms with Gasteiger partial charge in [-0.15, -0.1) is 0 Å². The summed E-state index contributed by atoms with van der Waals surface area (Å²) in [6.07, 6.45) is -1.02. The number of nitriles is 1. The number of halogens is 4. The summed E-state index contributed by atoms with van der Waals surface area (Å²) in [6, 6.07) is 1.12. The molecule has 1 rings (SSSR count). The molecule has 0 unspecified atom stereocenters. The van der Waals surface area contributed by atoms with Crippen LogP contribution in [0.5, 0.6) is 0 Å². The SMILES string of the molecule is N#C[C@H]1CC(F)(F)C1(F)F. The van der Waals surface area contributed by atoms with Gasteiger partial charge in [-0.05, 0) is 0 Å². The molecule has 0 aromatic rings. The summed E-state index contributed by atoms with van der Waals surface area (Å²) >= 11 is 0. The second-order valence-electron chi connectivity index (χ2n) is 2.21. The van der Waals surface area contributed by atoms with Gasteiger partial charge in [-0.2, -0.15) is 22.8 Å². The van der Waals surface area contributed by atoms with Gasteiger partial charge in [0.15, 0.2) is 0 Å². The van der Waals surface area contributed by atoms with E-state index in [0.29, 0.717) is 0 Å². The summed E-state index contributed by atoms with van der Waals surface area (Å²) in [6.45, 7) is 0. The summed E-state index contributed by atoms with van der Waals surface area (Å²) in [5.41, 5.74) is 0. The molecule has 1 atom stereocenters. The van der Waals surface area contributed by atoms with E-state index < -0.39 is 24.2 Å². The molecule has 0 aromatic carbocycles. The van der Waals surface area contributed by atoms with Crippen LogP contribution in [0.3, 0.4) is 0 Å². The van der Waals surface area contributed by atoms with E-state index in [4.69, 9.17) is 5.26 Å². The van der Waals surface area contributed by atoms with Gasteiger partial charge in [0.05, 0.1) is 6.07 Å². The lowest BCUT2D eigenvalue weighted by Gasteiger charge is -2.39. The Labute approximate surface area is 54.2 Å². The molecule has 0 bridgehead atoms. The molecule has 0 N–H and O–H groups in total. The molecule has 1 fully saturated rings. The van der Waals surface area contributed by atoms with Crippen LogP contribution >= 0.6 is 0 Å². The largest absolute Gasteiger partial charge is 0.325 e. The number of hydrogen-bond acceptors (Lipinski definition) is 1. The fourth-order valence-electron chi connectivity index (χ4n) is 0.771. The minimum Gasteiger partial charge on any atom is -0.200 e. The zero-order valence-corrected chi connectivity index (χ0v) is 4.74. The summed E-state index contributed by atoms with van der Waals surface area (Å²) in [5.74, 6) is -9.88. The van der Waals surface area contributed by atoms with E-state index in [1.165, 1.54) is 0 Å². The van der Waals surface area contributed by atoms with Gasteiger partial charge >= 0.3 is 11.8 Å². The third-order valence-corrected chi connectivity index (χ3v) is 1.54. The molecule has 10 heavy (non-hydrogen) atoms. The maximum atomic E-state index is 12.0. The zero-order valence-electron chi connectivity index (χ0n) is 4.74. The highest BCUT2D eigenvalue weighted by molar-refractivity contribution is 5.11. The van der Waals surface area contributed by atoms with Crippen LogP contribution < -0.4 is 0 Å². The Morgan fingerprint density at radius 3 is 1.90 bits per heavy atom. The molecule has 0 saturated heterocycles. The van der Waals surface area contributed by atoms with Crippen molar-refractivity contribution in [3.8, 4) is 6.07 Å². The van der Waals surface area contributed by atoms with Gasteiger partial charge in [-0.3, -0.25) is 0 Å². The highest BCUT2D eigenvalue weighted by atomic mass is 19.3. The molecule has 1 aliphatic rings. The lowest BCUT2D eigenvalue weighted by Crippen LogP contribution is -2.58. The van der Waals surface area contributed by atoms with Crippen molar-refractivity contribution in [2.45, 2.75) is 18.3 Å². The van der Waals surface area contributed by atoms with Crippen LogP contribution in [0.2, 0.25) is 0 Å². The van der Waals surface area contributed by atoms with E-state index in [2.05, 4.69) is 0 Å². The van der Waals surface area contributed by atoms with E-state index in [1.807, 2.05) is 0 Å². The monoisotopic (exact) mass is 153 g/mol. The Morgan fingerprint density at radius 2 is 1.80 bits per heavy atom. The fourth-order valence-corrected chi connectivity index (χ4v) is 0.771. The van der Waals surface area contributed by atoms with Crippen molar-refractivity contribution >= 4 is 0 Å². The molecule has 0 aromatic heterocycles. The molecular weight excluding hydrogens is 150 g/mol. The minimum atomic E-state index is -4.11. The maximum Gasteiger partial charge on any atom is 0.325 e. The van der Waals surface area contributed by atoms with Gasteiger partial charge in [0, 0.05) is 6.42 Å². The van der Waals surface area contributed by atoms with E-state index in [0.717, 1.165) is 6.07 Å². The fraction of sp³-hybridized carbons (Fsp3) is 0.800. The molecule has 0 spiro atoms. The van der Waals surface area contributed by atoms with Gasteiger partial charge in [0.25, 0.3) is 0 Å². The van der Waals surface area contributed by atoms with E-state index in [9.17, 15) is 17.6 Å². The Morgan fingerprint density at radius 1 is 1.30 bits per heavy atom. The molecule has 5 heteroatoms. The van der Waals surface area contributed by atoms with Gasteiger partial charge < -0.3 is 0 Å². The lowest BCUT2D eigenvalue weighted by molar-refractivity contribution is -0.299. The number of alkyl halides is 4. The molecule has 0 radical (unpaired) electrons. The summed E-state index contributed by atoms with van der Waals surface area (Å²) in [7, 11) is 0. The van der Waals surface area contributed by atoms with Crippen LogP contribution in [-0.2, 0) is 0 Å². The van der Waals surface area contributed by atoms with Crippen molar-refractivity contribution in [3.05, 3.63) is 0 Å². The van der Waals surface area contributed by atoms with Crippen LogP contribution in [0.25, 0.3) is 0 Å². The summed E-state index contributed by atoms with van der Waals surface area (Å²) in [4.78, 5) is 0. The number of hydrogen-bond donors (Lipinski definition) is 0. The molecule has 56 valence electrons. The van der Waals surface area contributed by atoms with E-state index >= 15 is 0 Å². The quantitative estimate of drug-likeness (QED) is 0.487. The first-order valence-corrected chi connectivity index (χ1v) is 2.57. The average Bonchev–Trinajstić information content (AvgIpc) is 1.83. The van der Waals surface area contributed by atoms with Gasteiger partial charge in [0.2, 0.25) is 0 Å². The Kier molecular flexibility index (Phi) is 1.19. The Hall–Kier alpha value is -0.790. The average molecular weight is 153 g/mol. The second-order valence-corrected chi connectivity index (χ2v) is 2.21. The van der Waals surface area contributed by atoms with Crippen LogP contribution in [0.4, 0.5) is 17.6 Å².